The SMILES string of the molecule is COc1ccccc1NC(=O)N[C@@H](Cc1ccc(F)cc1)Cc1ccc2c(c1)OCO2. The third-order valence-corrected chi connectivity index (χ3v) is 5.00. The first-order valence-corrected chi connectivity index (χ1v) is 9.94. The topological polar surface area (TPSA) is 68.8 Å². The Morgan fingerprint density at radius 1 is 1.00 bits per heavy atom. The molecule has 0 aliphatic carbocycles. The minimum atomic E-state index is -0.350. The summed E-state index contributed by atoms with van der Waals surface area (Å²) >= 11 is 0. The molecule has 0 unspecified atom stereocenters. The Labute approximate surface area is 179 Å². The fourth-order valence-electron chi connectivity index (χ4n) is 3.52. The number of methoxy groups -OCH3 is 1. The van der Waals surface area contributed by atoms with Gasteiger partial charge in [-0.15, -0.1) is 0 Å². The van der Waals surface area contributed by atoms with E-state index in [-0.39, 0.29) is 24.7 Å². The van der Waals surface area contributed by atoms with Crippen molar-refractivity contribution in [1.29, 1.82) is 0 Å². The number of ether oxygens (including phenoxy) is 3. The van der Waals surface area contributed by atoms with Gasteiger partial charge in [-0.25, -0.2) is 9.18 Å². The molecule has 1 aliphatic heterocycles. The average Bonchev–Trinajstić information content (AvgIpc) is 3.23. The summed E-state index contributed by atoms with van der Waals surface area (Å²) in [4.78, 5) is 12.7. The first-order chi connectivity index (χ1) is 15.1. The van der Waals surface area contributed by atoms with Gasteiger partial charge < -0.3 is 24.8 Å². The Hall–Kier alpha value is -3.74. The van der Waals surface area contributed by atoms with Crippen molar-refractivity contribution < 1.29 is 23.4 Å². The van der Waals surface area contributed by atoms with Gasteiger partial charge in [-0.1, -0.05) is 30.3 Å². The second-order valence-electron chi connectivity index (χ2n) is 7.22. The Morgan fingerprint density at radius 3 is 2.52 bits per heavy atom. The predicted molar refractivity (Wildman–Crippen MR) is 115 cm³/mol. The summed E-state index contributed by atoms with van der Waals surface area (Å²) in [5, 5.41) is 5.86. The number of rotatable bonds is 7. The minimum Gasteiger partial charge on any atom is -0.495 e. The molecule has 0 spiro atoms. The van der Waals surface area contributed by atoms with Gasteiger partial charge in [0.15, 0.2) is 11.5 Å². The standard InChI is InChI=1S/C24H23FN2O4/c1-29-21-5-3-2-4-20(21)27-24(28)26-19(12-16-6-9-18(25)10-7-16)13-17-8-11-22-23(14-17)31-15-30-22/h2-11,14,19H,12-13,15H2,1H3,(H2,26,27,28)/t19-/m0/s1. The molecule has 3 aromatic carbocycles. The van der Waals surface area contributed by atoms with Gasteiger partial charge in [-0.3, -0.25) is 0 Å². The molecule has 0 saturated carbocycles. The van der Waals surface area contributed by atoms with E-state index in [1.54, 1.807) is 31.4 Å². The van der Waals surface area contributed by atoms with Gasteiger partial charge in [-0.2, -0.15) is 0 Å². The van der Waals surface area contributed by atoms with Crippen LogP contribution in [0.3, 0.4) is 0 Å². The molecule has 1 atom stereocenters. The highest BCUT2D eigenvalue weighted by molar-refractivity contribution is 5.91. The quantitative estimate of drug-likeness (QED) is 0.587. The highest BCUT2D eigenvalue weighted by atomic mass is 19.1. The third kappa shape index (κ3) is 5.25. The van der Waals surface area contributed by atoms with Gasteiger partial charge in [0.1, 0.15) is 11.6 Å². The summed E-state index contributed by atoms with van der Waals surface area (Å²) in [6.07, 6.45) is 1.10. The molecular formula is C24H23FN2O4. The van der Waals surface area contributed by atoms with Crippen molar-refractivity contribution in [2.45, 2.75) is 18.9 Å². The third-order valence-electron chi connectivity index (χ3n) is 5.00. The van der Waals surface area contributed by atoms with Crippen molar-refractivity contribution in [1.82, 2.24) is 5.32 Å². The normalized spacial score (nSPS) is 12.8. The summed E-state index contributed by atoms with van der Waals surface area (Å²) < 4.78 is 29.4. The second-order valence-corrected chi connectivity index (χ2v) is 7.22. The molecule has 0 fully saturated rings. The Kier molecular flexibility index (Phi) is 6.21. The number of halogens is 1. The second kappa shape index (κ2) is 9.38. The first-order valence-electron chi connectivity index (χ1n) is 9.94. The zero-order valence-electron chi connectivity index (χ0n) is 17.1. The fourth-order valence-corrected chi connectivity index (χ4v) is 3.52. The highest BCUT2D eigenvalue weighted by Gasteiger charge is 2.18. The summed E-state index contributed by atoms with van der Waals surface area (Å²) in [7, 11) is 1.55. The monoisotopic (exact) mass is 422 g/mol. The molecule has 2 N–H and O–H groups in total. The summed E-state index contributed by atoms with van der Waals surface area (Å²) in [5.74, 6) is 1.68. The lowest BCUT2D eigenvalue weighted by Gasteiger charge is -2.20. The van der Waals surface area contributed by atoms with E-state index >= 15 is 0 Å². The van der Waals surface area contributed by atoms with Crippen molar-refractivity contribution in [3.63, 3.8) is 0 Å². The van der Waals surface area contributed by atoms with E-state index in [4.69, 9.17) is 14.2 Å². The van der Waals surface area contributed by atoms with Crippen molar-refractivity contribution >= 4 is 11.7 Å². The summed E-state index contributed by atoms with van der Waals surface area (Å²) in [6, 6.07) is 18.6. The largest absolute Gasteiger partial charge is 0.495 e. The van der Waals surface area contributed by atoms with E-state index in [1.165, 1.54) is 12.1 Å². The number of nitrogens with one attached hydrogen (secondary N) is 2. The Bertz CT molecular complexity index is 1060. The lowest BCUT2D eigenvalue weighted by molar-refractivity contribution is 0.174. The maximum absolute atomic E-state index is 13.3. The molecule has 1 heterocycles. The molecule has 2 amide bonds. The van der Waals surface area contributed by atoms with Crippen LogP contribution in [0.2, 0.25) is 0 Å². The number of anilines is 1. The maximum Gasteiger partial charge on any atom is 0.319 e. The summed E-state index contributed by atoms with van der Waals surface area (Å²) in [5.41, 5.74) is 2.49. The lowest BCUT2D eigenvalue weighted by atomic mass is 9.98. The first kappa shape index (κ1) is 20.5. The molecule has 4 rings (SSSR count). The van der Waals surface area contributed by atoms with Gasteiger partial charge in [0.2, 0.25) is 6.79 Å². The van der Waals surface area contributed by atoms with Gasteiger partial charge in [-0.05, 0) is 60.4 Å². The van der Waals surface area contributed by atoms with Crippen LogP contribution in [0.25, 0.3) is 0 Å². The van der Waals surface area contributed by atoms with Crippen LogP contribution >= 0.6 is 0 Å². The van der Waals surface area contributed by atoms with Crippen LogP contribution in [0.4, 0.5) is 14.9 Å². The number of hydrogen-bond acceptors (Lipinski definition) is 4. The molecule has 0 bridgehead atoms. The number of fused-ring (bicyclic) bond motifs is 1. The maximum atomic E-state index is 13.3. The molecule has 3 aromatic rings. The van der Waals surface area contributed by atoms with Crippen molar-refractivity contribution in [2.24, 2.45) is 0 Å². The van der Waals surface area contributed by atoms with Crippen LogP contribution in [0.5, 0.6) is 17.2 Å². The van der Waals surface area contributed by atoms with Gasteiger partial charge in [0.25, 0.3) is 0 Å². The number of amides is 2. The Balaban J connectivity index is 1.49. The number of para-hydroxylation sites is 2. The molecule has 6 nitrogen and oxygen atoms in total. The predicted octanol–water partition coefficient (Wildman–Crippen LogP) is 4.54. The number of carbonyl (C=O) groups is 1. The van der Waals surface area contributed by atoms with E-state index < -0.39 is 0 Å². The van der Waals surface area contributed by atoms with Gasteiger partial charge in [0.05, 0.1) is 12.8 Å². The smallest absolute Gasteiger partial charge is 0.319 e. The van der Waals surface area contributed by atoms with E-state index in [0.717, 1.165) is 11.1 Å². The van der Waals surface area contributed by atoms with E-state index in [9.17, 15) is 9.18 Å². The Morgan fingerprint density at radius 2 is 1.71 bits per heavy atom. The number of carbonyl (C=O) groups excluding carboxylic acids is 1. The molecule has 7 heteroatoms. The van der Waals surface area contributed by atoms with E-state index in [2.05, 4.69) is 10.6 Å². The van der Waals surface area contributed by atoms with Crippen LogP contribution in [0.15, 0.2) is 66.7 Å². The molecule has 1 aliphatic rings. The van der Waals surface area contributed by atoms with Crippen LogP contribution in [-0.4, -0.2) is 26.0 Å². The molecule has 31 heavy (non-hydrogen) atoms. The zero-order chi connectivity index (χ0) is 21.6. The molecular weight excluding hydrogens is 399 g/mol. The molecule has 0 aromatic heterocycles. The van der Waals surface area contributed by atoms with Crippen LogP contribution < -0.4 is 24.8 Å². The number of urea groups is 1. The highest BCUT2D eigenvalue weighted by Crippen LogP contribution is 2.33. The van der Waals surface area contributed by atoms with Crippen molar-refractivity contribution in [3.8, 4) is 17.2 Å². The van der Waals surface area contributed by atoms with Crippen LogP contribution in [0.1, 0.15) is 11.1 Å². The zero-order valence-corrected chi connectivity index (χ0v) is 17.1. The summed E-state index contributed by atoms with van der Waals surface area (Å²) in [6.45, 7) is 0.206. The molecule has 0 saturated heterocycles. The lowest BCUT2D eigenvalue weighted by Crippen LogP contribution is -2.40. The van der Waals surface area contributed by atoms with Crippen molar-refractivity contribution in [2.75, 3.05) is 19.2 Å². The minimum absolute atomic E-state index is 0.206. The number of benzene rings is 3. The average molecular weight is 422 g/mol. The van der Waals surface area contributed by atoms with Crippen LogP contribution in [-0.2, 0) is 12.8 Å². The van der Waals surface area contributed by atoms with Gasteiger partial charge >= 0.3 is 6.03 Å². The molecule has 0 radical (unpaired) electrons. The fraction of sp³-hybridized carbons (Fsp3) is 0.208. The number of hydrogen-bond donors (Lipinski definition) is 2. The van der Waals surface area contributed by atoms with Crippen molar-refractivity contribution in [3.05, 3.63) is 83.7 Å². The van der Waals surface area contributed by atoms with Gasteiger partial charge in [0, 0.05) is 6.04 Å². The van der Waals surface area contributed by atoms with E-state index in [1.807, 2.05) is 30.3 Å². The van der Waals surface area contributed by atoms with Crippen LogP contribution in [0, 0.1) is 5.82 Å². The molecule has 160 valence electrons. The van der Waals surface area contributed by atoms with E-state index in [0.29, 0.717) is 35.8 Å².